The maximum Gasteiger partial charge on any atom is 0.160 e. The van der Waals surface area contributed by atoms with E-state index in [1.807, 2.05) is 42.5 Å². The zero-order valence-corrected chi connectivity index (χ0v) is 19.2. The molecule has 0 radical (unpaired) electrons. The van der Waals surface area contributed by atoms with Crippen LogP contribution in [0.25, 0.3) is 60.6 Å². The van der Waals surface area contributed by atoms with Crippen molar-refractivity contribution in [3.05, 3.63) is 115 Å². The van der Waals surface area contributed by atoms with Crippen LogP contribution < -0.4 is 0 Å². The number of para-hydroxylation sites is 3. The van der Waals surface area contributed by atoms with Gasteiger partial charge in [-0.05, 0) is 42.8 Å². The number of carbonyl (C=O) groups excluding carboxylic acids is 1. The van der Waals surface area contributed by atoms with E-state index in [9.17, 15) is 4.79 Å². The van der Waals surface area contributed by atoms with Gasteiger partial charge in [0.1, 0.15) is 11.2 Å². The van der Waals surface area contributed by atoms with Crippen LogP contribution in [-0.4, -0.2) is 10.4 Å². The first-order valence-corrected chi connectivity index (χ1v) is 11.8. The highest BCUT2D eigenvalue weighted by molar-refractivity contribution is 6.27. The summed E-state index contributed by atoms with van der Waals surface area (Å²) in [6.07, 6.45) is 0. The Morgan fingerprint density at radius 2 is 1.37 bits per heavy atom. The summed E-state index contributed by atoms with van der Waals surface area (Å²) in [4.78, 5) is 12.6. The van der Waals surface area contributed by atoms with Gasteiger partial charge in [-0.1, -0.05) is 78.9 Å². The summed E-state index contributed by atoms with van der Waals surface area (Å²) in [5.41, 5.74) is 7.50. The minimum atomic E-state index is 0.0386. The van der Waals surface area contributed by atoms with Gasteiger partial charge in [-0.2, -0.15) is 0 Å². The summed E-state index contributed by atoms with van der Waals surface area (Å²) in [5, 5.41) is 4.43. The minimum absolute atomic E-state index is 0.0386. The van der Waals surface area contributed by atoms with Gasteiger partial charge in [-0.25, -0.2) is 0 Å². The van der Waals surface area contributed by atoms with Gasteiger partial charge in [-0.3, -0.25) is 4.79 Å². The maximum atomic E-state index is 12.6. The fraction of sp³-hybridized carbons (Fsp3) is 0.0312. The van der Waals surface area contributed by atoms with E-state index < -0.39 is 0 Å². The van der Waals surface area contributed by atoms with Gasteiger partial charge in [0.2, 0.25) is 0 Å². The molecule has 0 unspecified atom stereocenters. The number of rotatable bonds is 3. The average Bonchev–Trinajstić information content (AvgIpc) is 3.44. The minimum Gasteiger partial charge on any atom is -0.455 e. The van der Waals surface area contributed by atoms with Crippen LogP contribution >= 0.6 is 0 Å². The Labute approximate surface area is 201 Å². The van der Waals surface area contributed by atoms with Crippen LogP contribution in [0.4, 0.5) is 0 Å². The number of benzene rings is 5. The van der Waals surface area contributed by atoms with Gasteiger partial charge < -0.3 is 8.98 Å². The largest absolute Gasteiger partial charge is 0.455 e. The van der Waals surface area contributed by atoms with Crippen LogP contribution in [0.5, 0.6) is 0 Å². The van der Waals surface area contributed by atoms with E-state index in [0.29, 0.717) is 5.56 Å². The molecule has 166 valence electrons. The number of furan rings is 1. The number of carbonyl (C=O) groups is 1. The number of ketones is 1. The Morgan fingerprint density at radius 1 is 0.686 bits per heavy atom. The van der Waals surface area contributed by atoms with E-state index in [1.54, 1.807) is 6.92 Å². The van der Waals surface area contributed by atoms with Crippen LogP contribution in [0.15, 0.2) is 114 Å². The Morgan fingerprint density at radius 3 is 2.20 bits per heavy atom. The maximum absolute atomic E-state index is 12.6. The third-order valence-electron chi connectivity index (χ3n) is 6.89. The number of fused-ring (bicyclic) bond motifs is 7. The highest BCUT2D eigenvalue weighted by atomic mass is 16.3. The number of nitrogens with zero attached hydrogens (tertiary/aromatic N) is 1. The van der Waals surface area contributed by atoms with Crippen molar-refractivity contribution in [2.24, 2.45) is 0 Å². The first kappa shape index (κ1) is 19.8. The van der Waals surface area contributed by atoms with Crippen molar-refractivity contribution < 1.29 is 9.21 Å². The third kappa shape index (κ3) is 2.82. The van der Waals surface area contributed by atoms with Gasteiger partial charge >= 0.3 is 0 Å². The van der Waals surface area contributed by atoms with Gasteiger partial charge in [0.05, 0.1) is 16.4 Å². The predicted molar refractivity (Wildman–Crippen MR) is 143 cm³/mol. The van der Waals surface area contributed by atoms with Crippen molar-refractivity contribution in [2.45, 2.75) is 6.92 Å². The molecular weight excluding hydrogens is 430 g/mol. The normalized spacial score (nSPS) is 11.7. The Bertz CT molecular complexity index is 1920. The van der Waals surface area contributed by atoms with Crippen molar-refractivity contribution in [3.8, 4) is 16.8 Å². The quantitative estimate of drug-likeness (QED) is 0.252. The molecule has 5 aromatic carbocycles. The van der Waals surface area contributed by atoms with Crippen LogP contribution in [-0.2, 0) is 0 Å². The number of aromatic nitrogens is 1. The molecule has 7 aromatic rings. The van der Waals surface area contributed by atoms with Crippen LogP contribution in [0.2, 0.25) is 0 Å². The molecule has 7 rings (SSSR count). The molecule has 0 aliphatic rings. The fourth-order valence-electron chi connectivity index (χ4n) is 5.41. The lowest BCUT2D eigenvalue weighted by Gasteiger charge is -2.11. The lowest BCUT2D eigenvalue weighted by atomic mass is 9.94. The summed E-state index contributed by atoms with van der Waals surface area (Å²) in [5.74, 6) is 0.0386. The highest BCUT2D eigenvalue weighted by Crippen LogP contribution is 2.45. The van der Waals surface area contributed by atoms with E-state index in [2.05, 4.69) is 71.3 Å². The summed E-state index contributed by atoms with van der Waals surface area (Å²) in [7, 11) is 0. The Hall–Kier alpha value is -4.63. The highest BCUT2D eigenvalue weighted by Gasteiger charge is 2.23. The van der Waals surface area contributed by atoms with Crippen molar-refractivity contribution in [2.75, 3.05) is 0 Å². The summed E-state index contributed by atoms with van der Waals surface area (Å²) < 4.78 is 8.87. The summed E-state index contributed by atoms with van der Waals surface area (Å²) in [6, 6.07) is 37.1. The van der Waals surface area contributed by atoms with Gasteiger partial charge in [0, 0.05) is 33.0 Å². The molecule has 3 nitrogen and oxygen atoms in total. The topological polar surface area (TPSA) is 35.1 Å². The molecule has 0 aliphatic carbocycles. The Balaban J connectivity index is 1.77. The second-order valence-electron chi connectivity index (χ2n) is 8.91. The monoisotopic (exact) mass is 451 g/mol. The molecule has 0 saturated carbocycles. The molecule has 0 atom stereocenters. The molecule has 0 spiro atoms. The van der Waals surface area contributed by atoms with Crippen LogP contribution in [0.3, 0.4) is 0 Å². The number of hydrogen-bond donors (Lipinski definition) is 0. The average molecular weight is 452 g/mol. The van der Waals surface area contributed by atoms with E-state index in [-0.39, 0.29) is 5.78 Å². The molecule has 0 aliphatic heterocycles. The molecule has 0 N–H and O–H groups in total. The SMILES string of the molecule is CC(=O)c1ccccc1-c1cc2c3ccccc3n(-c3ccccc3)c2c2c1oc1ccccc12. The molecule has 0 bridgehead atoms. The van der Waals surface area contributed by atoms with Crippen molar-refractivity contribution >= 4 is 49.5 Å². The molecule has 3 heteroatoms. The first-order valence-electron chi connectivity index (χ1n) is 11.8. The first-order chi connectivity index (χ1) is 17.2. The fourth-order valence-corrected chi connectivity index (χ4v) is 5.41. The molecule has 0 fully saturated rings. The van der Waals surface area contributed by atoms with Crippen LogP contribution in [0, 0.1) is 0 Å². The van der Waals surface area contributed by atoms with Crippen molar-refractivity contribution in [3.63, 3.8) is 0 Å². The third-order valence-corrected chi connectivity index (χ3v) is 6.89. The second-order valence-corrected chi connectivity index (χ2v) is 8.91. The zero-order chi connectivity index (χ0) is 23.5. The summed E-state index contributed by atoms with van der Waals surface area (Å²) in [6.45, 7) is 1.62. The standard InChI is InChI=1S/C32H21NO2/c1-20(34)22-13-5-6-14-23(22)27-19-26-24-15-7-9-17-28(24)33(21-11-3-2-4-12-21)31(26)30-25-16-8-10-18-29(25)35-32(27)30/h2-19H,1H3. The van der Waals surface area contributed by atoms with E-state index >= 15 is 0 Å². The Kier molecular flexibility index (Phi) is 4.21. The molecule has 2 heterocycles. The number of Topliss-reactive ketones (excluding diaryl/α,β-unsaturated/α-hetero) is 1. The van der Waals surface area contributed by atoms with E-state index in [1.165, 1.54) is 5.39 Å². The lowest BCUT2D eigenvalue weighted by Crippen LogP contribution is -1.97. The molecule has 2 aromatic heterocycles. The molecule has 0 saturated heterocycles. The second kappa shape index (κ2) is 7.44. The summed E-state index contributed by atoms with van der Waals surface area (Å²) >= 11 is 0. The molecule has 35 heavy (non-hydrogen) atoms. The number of hydrogen-bond acceptors (Lipinski definition) is 2. The predicted octanol–water partition coefficient (Wildman–Crippen LogP) is 8.55. The van der Waals surface area contributed by atoms with Crippen LogP contribution in [0.1, 0.15) is 17.3 Å². The van der Waals surface area contributed by atoms with Crippen molar-refractivity contribution in [1.29, 1.82) is 0 Å². The van der Waals surface area contributed by atoms with Gasteiger partial charge in [0.25, 0.3) is 0 Å². The van der Waals surface area contributed by atoms with E-state index in [4.69, 9.17) is 4.42 Å². The smallest absolute Gasteiger partial charge is 0.160 e. The zero-order valence-electron chi connectivity index (χ0n) is 19.2. The molecule has 0 amide bonds. The van der Waals surface area contributed by atoms with E-state index in [0.717, 1.165) is 55.2 Å². The van der Waals surface area contributed by atoms with Gasteiger partial charge in [0.15, 0.2) is 5.78 Å². The molecular formula is C32H21NO2. The van der Waals surface area contributed by atoms with Crippen molar-refractivity contribution in [1.82, 2.24) is 4.57 Å². The lowest BCUT2D eigenvalue weighted by molar-refractivity contribution is 0.101. The van der Waals surface area contributed by atoms with Gasteiger partial charge in [-0.15, -0.1) is 0 Å².